The number of nitrogens with zero attached hydrogens (tertiary/aromatic N) is 2. The van der Waals surface area contributed by atoms with E-state index in [1.165, 1.54) is 0 Å². The molecular formula is C16H20N2O2. The lowest BCUT2D eigenvalue weighted by molar-refractivity contribution is -0.178. The molecule has 1 atom stereocenters. The zero-order chi connectivity index (χ0) is 14.2. The predicted molar refractivity (Wildman–Crippen MR) is 76.6 cm³/mol. The van der Waals surface area contributed by atoms with Gasteiger partial charge in [-0.1, -0.05) is 6.07 Å². The second kappa shape index (κ2) is 5.08. The van der Waals surface area contributed by atoms with Crippen LogP contribution >= 0.6 is 0 Å². The van der Waals surface area contributed by atoms with Gasteiger partial charge in [-0.05, 0) is 31.5 Å². The third-order valence-electron chi connectivity index (χ3n) is 4.14. The Bertz CT molecular complexity index is 542. The van der Waals surface area contributed by atoms with Gasteiger partial charge in [0, 0.05) is 25.9 Å². The maximum Gasteiger partial charge on any atom is 0.172 e. The van der Waals surface area contributed by atoms with Gasteiger partial charge in [0.25, 0.3) is 0 Å². The molecule has 1 aromatic carbocycles. The molecule has 2 fully saturated rings. The van der Waals surface area contributed by atoms with Gasteiger partial charge in [0.15, 0.2) is 5.79 Å². The molecule has 2 aliphatic rings. The maximum atomic E-state index is 9.29. The van der Waals surface area contributed by atoms with E-state index in [-0.39, 0.29) is 11.9 Å². The molecule has 0 radical (unpaired) electrons. The summed E-state index contributed by atoms with van der Waals surface area (Å²) in [5.41, 5.74) is 2.90. The van der Waals surface area contributed by atoms with Crippen LogP contribution in [0.1, 0.15) is 30.9 Å². The smallest absolute Gasteiger partial charge is 0.172 e. The molecule has 4 heteroatoms. The van der Waals surface area contributed by atoms with Gasteiger partial charge in [0.1, 0.15) is 6.07 Å². The highest BCUT2D eigenvalue weighted by molar-refractivity contribution is 5.60. The van der Waals surface area contributed by atoms with E-state index in [2.05, 4.69) is 24.0 Å². The first-order valence-electron chi connectivity index (χ1n) is 7.19. The lowest BCUT2D eigenvalue weighted by Crippen LogP contribution is -2.45. The summed E-state index contributed by atoms with van der Waals surface area (Å²) in [6.45, 7) is 6.48. The van der Waals surface area contributed by atoms with Gasteiger partial charge in [-0.2, -0.15) is 5.26 Å². The Labute approximate surface area is 119 Å². The van der Waals surface area contributed by atoms with Crippen molar-refractivity contribution >= 4 is 5.69 Å². The first-order chi connectivity index (χ1) is 9.62. The molecule has 4 nitrogen and oxygen atoms in total. The van der Waals surface area contributed by atoms with Gasteiger partial charge in [0.2, 0.25) is 0 Å². The molecule has 0 aromatic heterocycles. The fraction of sp³-hybridized carbons (Fsp3) is 0.562. The van der Waals surface area contributed by atoms with Crippen molar-refractivity contribution in [2.24, 2.45) is 0 Å². The number of hydrogen-bond donors (Lipinski definition) is 0. The second-order valence-corrected chi connectivity index (χ2v) is 5.77. The van der Waals surface area contributed by atoms with Gasteiger partial charge < -0.3 is 14.4 Å². The minimum atomic E-state index is -0.382. The molecule has 0 N–H and O–H groups in total. The lowest BCUT2D eigenvalue weighted by Gasteiger charge is -2.39. The van der Waals surface area contributed by atoms with Crippen molar-refractivity contribution in [2.75, 3.05) is 24.6 Å². The van der Waals surface area contributed by atoms with E-state index < -0.39 is 0 Å². The minimum Gasteiger partial charge on any atom is -0.370 e. The highest BCUT2D eigenvalue weighted by Crippen LogP contribution is 2.36. The average Bonchev–Trinajstić information content (AvgIpc) is 2.81. The topological polar surface area (TPSA) is 45.5 Å². The number of nitriles is 1. The first kappa shape index (κ1) is 13.4. The van der Waals surface area contributed by atoms with Crippen LogP contribution in [0.15, 0.2) is 18.2 Å². The van der Waals surface area contributed by atoms with Crippen LogP contribution in [-0.2, 0) is 9.47 Å². The summed E-state index contributed by atoms with van der Waals surface area (Å²) < 4.78 is 11.8. The zero-order valence-electron chi connectivity index (χ0n) is 12.1. The van der Waals surface area contributed by atoms with E-state index >= 15 is 0 Å². The van der Waals surface area contributed by atoms with Crippen LogP contribution < -0.4 is 4.90 Å². The second-order valence-electron chi connectivity index (χ2n) is 5.77. The summed E-state index contributed by atoms with van der Waals surface area (Å²) >= 11 is 0. The molecule has 1 unspecified atom stereocenters. The van der Waals surface area contributed by atoms with Gasteiger partial charge in [-0.25, -0.2) is 0 Å². The largest absolute Gasteiger partial charge is 0.370 e. The summed E-state index contributed by atoms with van der Waals surface area (Å²) in [4.78, 5) is 2.26. The highest BCUT2D eigenvalue weighted by Gasteiger charge is 2.42. The van der Waals surface area contributed by atoms with Crippen LogP contribution in [-0.4, -0.2) is 31.6 Å². The van der Waals surface area contributed by atoms with Crippen molar-refractivity contribution in [3.05, 3.63) is 29.3 Å². The number of aryl methyl sites for hydroxylation is 1. The minimum absolute atomic E-state index is 0.190. The van der Waals surface area contributed by atoms with E-state index in [1.807, 2.05) is 19.1 Å². The van der Waals surface area contributed by atoms with Crippen LogP contribution in [0.3, 0.4) is 0 Å². The number of benzene rings is 1. The Hall–Kier alpha value is -1.57. The summed E-state index contributed by atoms with van der Waals surface area (Å²) in [7, 11) is 0. The monoisotopic (exact) mass is 272 g/mol. The molecule has 1 aromatic rings. The average molecular weight is 272 g/mol. The third kappa shape index (κ3) is 2.39. The molecule has 0 bridgehead atoms. The number of piperidine rings is 1. The van der Waals surface area contributed by atoms with Gasteiger partial charge in [-0.15, -0.1) is 0 Å². The molecular weight excluding hydrogens is 252 g/mol. The Morgan fingerprint density at radius 3 is 2.70 bits per heavy atom. The van der Waals surface area contributed by atoms with Crippen LogP contribution in [0.4, 0.5) is 5.69 Å². The van der Waals surface area contributed by atoms with Crippen molar-refractivity contribution in [2.45, 2.75) is 38.6 Å². The van der Waals surface area contributed by atoms with E-state index in [9.17, 15) is 5.26 Å². The SMILES string of the molecule is Cc1ccc(N2CCC3(CC2)OCC(C)O3)c(C#N)c1. The molecule has 3 rings (SSSR count). The van der Waals surface area contributed by atoms with Gasteiger partial charge in [-0.3, -0.25) is 0 Å². The molecule has 0 aliphatic carbocycles. The first-order valence-corrected chi connectivity index (χ1v) is 7.19. The maximum absolute atomic E-state index is 9.29. The molecule has 2 heterocycles. The van der Waals surface area contributed by atoms with E-state index in [4.69, 9.17) is 9.47 Å². The Morgan fingerprint density at radius 1 is 1.35 bits per heavy atom. The summed E-state index contributed by atoms with van der Waals surface area (Å²) in [6.07, 6.45) is 1.90. The number of rotatable bonds is 1. The van der Waals surface area contributed by atoms with Crippen LogP contribution in [0.2, 0.25) is 0 Å². The molecule has 2 aliphatic heterocycles. The third-order valence-corrected chi connectivity index (χ3v) is 4.14. The normalized spacial score (nSPS) is 24.9. The fourth-order valence-electron chi connectivity index (χ4n) is 3.07. The van der Waals surface area contributed by atoms with Crippen molar-refractivity contribution in [3.8, 4) is 6.07 Å². The van der Waals surface area contributed by atoms with Crippen molar-refractivity contribution in [1.29, 1.82) is 5.26 Å². The Balaban J connectivity index is 1.74. The van der Waals surface area contributed by atoms with Crippen LogP contribution in [0.25, 0.3) is 0 Å². The van der Waals surface area contributed by atoms with E-state index in [0.29, 0.717) is 6.61 Å². The van der Waals surface area contributed by atoms with E-state index in [1.54, 1.807) is 0 Å². The molecule has 0 amide bonds. The van der Waals surface area contributed by atoms with Crippen molar-refractivity contribution in [1.82, 2.24) is 0 Å². The Kier molecular flexibility index (Phi) is 3.41. The summed E-state index contributed by atoms with van der Waals surface area (Å²) in [6, 6.07) is 8.35. The van der Waals surface area contributed by atoms with Crippen LogP contribution in [0, 0.1) is 18.3 Å². The zero-order valence-corrected chi connectivity index (χ0v) is 12.1. The van der Waals surface area contributed by atoms with Gasteiger partial charge in [0.05, 0.1) is 24.0 Å². The highest BCUT2D eigenvalue weighted by atomic mass is 16.7. The Morgan fingerprint density at radius 2 is 2.10 bits per heavy atom. The quantitative estimate of drug-likeness (QED) is 0.788. The number of anilines is 1. The van der Waals surface area contributed by atoms with Crippen molar-refractivity contribution in [3.63, 3.8) is 0 Å². The van der Waals surface area contributed by atoms with E-state index in [0.717, 1.165) is 42.7 Å². The number of hydrogen-bond acceptors (Lipinski definition) is 4. The molecule has 1 spiro atoms. The molecule has 106 valence electrons. The van der Waals surface area contributed by atoms with Gasteiger partial charge >= 0.3 is 0 Å². The fourth-order valence-corrected chi connectivity index (χ4v) is 3.07. The predicted octanol–water partition coefficient (Wildman–Crippen LogP) is 2.60. The standard InChI is InChI=1S/C16H20N2O2/c1-12-3-4-15(14(9-12)10-17)18-7-5-16(6-8-18)19-11-13(2)20-16/h3-4,9,13H,5-8,11H2,1-2H3. The number of ether oxygens (including phenoxy) is 2. The van der Waals surface area contributed by atoms with Crippen molar-refractivity contribution < 1.29 is 9.47 Å². The molecule has 0 saturated carbocycles. The lowest BCUT2D eigenvalue weighted by atomic mass is 10.0. The molecule has 20 heavy (non-hydrogen) atoms. The summed E-state index contributed by atoms with van der Waals surface area (Å²) in [5.74, 6) is -0.382. The van der Waals surface area contributed by atoms with Crippen LogP contribution in [0.5, 0.6) is 0 Å². The molecule has 2 saturated heterocycles. The summed E-state index contributed by atoms with van der Waals surface area (Å²) in [5, 5.41) is 9.29.